The van der Waals surface area contributed by atoms with E-state index in [1.807, 2.05) is 23.1 Å². The van der Waals surface area contributed by atoms with Gasteiger partial charge in [0.05, 0.1) is 24.8 Å². The third kappa shape index (κ3) is 4.85. The van der Waals surface area contributed by atoms with Crippen molar-refractivity contribution in [3.8, 4) is 0 Å². The van der Waals surface area contributed by atoms with Crippen molar-refractivity contribution in [3.05, 3.63) is 35.9 Å². The molecule has 1 heterocycles. The van der Waals surface area contributed by atoms with Gasteiger partial charge in [-0.05, 0) is 18.4 Å². The summed E-state index contributed by atoms with van der Waals surface area (Å²) < 4.78 is 6.18. The van der Waals surface area contributed by atoms with E-state index in [1.165, 1.54) is 18.4 Å². The maximum absolute atomic E-state index is 12.2. The molecule has 1 aromatic carbocycles. The van der Waals surface area contributed by atoms with Crippen molar-refractivity contribution in [2.45, 2.75) is 76.7 Å². The molecule has 0 bridgehead atoms. The van der Waals surface area contributed by atoms with E-state index in [0.29, 0.717) is 26.0 Å². The van der Waals surface area contributed by atoms with Gasteiger partial charge in [-0.15, -0.1) is 0 Å². The normalized spacial score (nSPS) is 23.2. The quantitative estimate of drug-likeness (QED) is 0.649. The summed E-state index contributed by atoms with van der Waals surface area (Å²) in [6.45, 7) is 3.46. The Labute approximate surface area is 156 Å². The predicted molar refractivity (Wildman–Crippen MR) is 101 cm³/mol. The molecule has 2 fully saturated rings. The summed E-state index contributed by atoms with van der Waals surface area (Å²) in [4.78, 5) is 25.7. The highest BCUT2D eigenvalue weighted by molar-refractivity contribution is 5.88. The highest BCUT2D eigenvalue weighted by atomic mass is 16.5. The van der Waals surface area contributed by atoms with Crippen molar-refractivity contribution in [1.82, 2.24) is 10.2 Å². The summed E-state index contributed by atoms with van der Waals surface area (Å²) in [5, 5.41) is 2.96. The van der Waals surface area contributed by atoms with Crippen molar-refractivity contribution >= 4 is 11.8 Å². The van der Waals surface area contributed by atoms with Gasteiger partial charge in [-0.1, -0.05) is 56.5 Å². The summed E-state index contributed by atoms with van der Waals surface area (Å²) in [7, 11) is 0. The molecule has 3 atom stereocenters. The minimum atomic E-state index is -0.0251. The molecule has 3 unspecified atom stereocenters. The van der Waals surface area contributed by atoms with Gasteiger partial charge in [-0.3, -0.25) is 4.79 Å². The van der Waals surface area contributed by atoms with Crippen LogP contribution in [0.4, 0.5) is 4.79 Å². The molecule has 0 aromatic heterocycles. The number of Topliss-reactive ketones (excluding diaryl/α,β-unsaturated/α-hetero) is 1. The number of rotatable bonds is 10. The second-order valence-corrected chi connectivity index (χ2v) is 7.47. The monoisotopic (exact) mass is 358 g/mol. The molecule has 5 nitrogen and oxygen atoms in total. The first-order valence-corrected chi connectivity index (χ1v) is 9.91. The average molecular weight is 358 g/mol. The lowest BCUT2D eigenvalue weighted by Crippen LogP contribution is -2.37. The van der Waals surface area contributed by atoms with Gasteiger partial charge in [0.25, 0.3) is 0 Å². The molecule has 2 amide bonds. The molecule has 1 aliphatic heterocycles. The first-order valence-electron chi connectivity index (χ1n) is 9.91. The molecule has 0 spiro atoms. The van der Waals surface area contributed by atoms with E-state index in [1.54, 1.807) is 0 Å². The van der Waals surface area contributed by atoms with Crippen molar-refractivity contribution < 1.29 is 14.3 Å². The maximum atomic E-state index is 12.2. The molecule has 26 heavy (non-hydrogen) atoms. The standard InChI is InChI=1S/C21H30N2O3/c1-2-3-5-10-18(26-15-16-8-6-4-7-9-16)11-12-23-20-14-17(24)13-19(20)22-21(23)25/h4,6-9,18-20H,2-3,5,10-15H2,1H3,(H,22,25). The van der Waals surface area contributed by atoms with E-state index in [2.05, 4.69) is 24.4 Å². The average Bonchev–Trinajstić information content (AvgIpc) is 3.13. The second kappa shape index (κ2) is 9.17. The van der Waals surface area contributed by atoms with Crippen LogP contribution in [0.1, 0.15) is 57.4 Å². The molecule has 142 valence electrons. The smallest absolute Gasteiger partial charge is 0.318 e. The van der Waals surface area contributed by atoms with Crippen LogP contribution in [0, 0.1) is 0 Å². The van der Waals surface area contributed by atoms with Crippen LogP contribution in [0.25, 0.3) is 0 Å². The highest BCUT2D eigenvalue weighted by Gasteiger charge is 2.45. The number of hydrogen-bond donors (Lipinski definition) is 1. The number of unbranched alkanes of at least 4 members (excludes halogenated alkanes) is 2. The summed E-state index contributed by atoms with van der Waals surface area (Å²) in [5.41, 5.74) is 1.17. The lowest BCUT2D eigenvalue weighted by atomic mass is 10.1. The molecule has 1 saturated carbocycles. The van der Waals surface area contributed by atoms with Crippen LogP contribution in [0.3, 0.4) is 0 Å². The summed E-state index contributed by atoms with van der Waals surface area (Å²) in [6, 6.07) is 10.2. The molecule has 2 aliphatic rings. The first-order chi connectivity index (χ1) is 12.7. The van der Waals surface area contributed by atoms with Crippen LogP contribution < -0.4 is 5.32 Å². The van der Waals surface area contributed by atoms with Crippen molar-refractivity contribution in [2.75, 3.05) is 6.54 Å². The van der Waals surface area contributed by atoms with Gasteiger partial charge in [-0.25, -0.2) is 4.79 Å². The molecule has 1 aliphatic carbocycles. The number of urea groups is 1. The van der Waals surface area contributed by atoms with Crippen LogP contribution in [-0.2, 0) is 16.1 Å². The lowest BCUT2D eigenvalue weighted by molar-refractivity contribution is -0.117. The molecule has 1 N–H and O–H groups in total. The molecular weight excluding hydrogens is 328 g/mol. The van der Waals surface area contributed by atoms with Crippen LogP contribution in [0.15, 0.2) is 30.3 Å². The minimum Gasteiger partial charge on any atom is -0.373 e. The number of fused-ring (bicyclic) bond motifs is 1. The van der Waals surface area contributed by atoms with Crippen LogP contribution >= 0.6 is 0 Å². The second-order valence-electron chi connectivity index (χ2n) is 7.47. The Kier molecular flexibility index (Phi) is 6.67. The fourth-order valence-corrected chi connectivity index (χ4v) is 3.98. The van der Waals surface area contributed by atoms with E-state index in [9.17, 15) is 9.59 Å². The first kappa shape index (κ1) is 18.9. The van der Waals surface area contributed by atoms with E-state index in [4.69, 9.17) is 4.74 Å². The number of nitrogens with zero attached hydrogens (tertiary/aromatic N) is 1. The summed E-state index contributed by atoms with van der Waals surface area (Å²) in [5.74, 6) is 0.254. The number of amides is 2. The number of nitrogens with one attached hydrogen (secondary N) is 1. The fraction of sp³-hybridized carbons (Fsp3) is 0.619. The van der Waals surface area contributed by atoms with Gasteiger partial charge in [0.1, 0.15) is 5.78 Å². The van der Waals surface area contributed by atoms with E-state index in [-0.39, 0.29) is 30.0 Å². The van der Waals surface area contributed by atoms with Crippen LogP contribution in [0.5, 0.6) is 0 Å². The van der Waals surface area contributed by atoms with Crippen molar-refractivity contribution in [2.24, 2.45) is 0 Å². The zero-order valence-corrected chi connectivity index (χ0v) is 15.7. The van der Waals surface area contributed by atoms with Crippen molar-refractivity contribution in [1.29, 1.82) is 0 Å². The molecule has 5 heteroatoms. The molecular formula is C21H30N2O3. The van der Waals surface area contributed by atoms with Gasteiger partial charge >= 0.3 is 6.03 Å². The molecule has 1 aromatic rings. The summed E-state index contributed by atoms with van der Waals surface area (Å²) >= 11 is 0. The molecule has 3 rings (SSSR count). The number of carbonyl (C=O) groups excluding carboxylic acids is 2. The largest absolute Gasteiger partial charge is 0.373 e. The Morgan fingerprint density at radius 3 is 2.73 bits per heavy atom. The number of carbonyl (C=O) groups is 2. The minimum absolute atomic E-state index is 0.0128. The van der Waals surface area contributed by atoms with E-state index < -0.39 is 0 Å². The van der Waals surface area contributed by atoms with Gasteiger partial charge in [0.15, 0.2) is 0 Å². The Bertz CT molecular complexity index is 605. The zero-order valence-electron chi connectivity index (χ0n) is 15.7. The lowest BCUT2D eigenvalue weighted by Gasteiger charge is -2.25. The fourth-order valence-electron chi connectivity index (χ4n) is 3.98. The van der Waals surface area contributed by atoms with Gasteiger partial charge in [0.2, 0.25) is 0 Å². The third-order valence-electron chi connectivity index (χ3n) is 5.47. The Morgan fingerprint density at radius 1 is 1.15 bits per heavy atom. The maximum Gasteiger partial charge on any atom is 0.318 e. The molecule has 0 radical (unpaired) electrons. The number of ether oxygens (including phenoxy) is 1. The van der Waals surface area contributed by atoms with Crippen LogP contribution in [-0.4, -0.2) is 41.4 Å². The van der Waals surface area contributed by atoms with Crippen molar-refractivity contribution in [3.63, 3.8) is 0 Å². The number of hydrogen-bond acceptors (Lipinski definition) is 3. The Morgan fingerprint density at radius 2 is 1.96 bits per heavy atom. The van der Waals surface area contributed by atoms with Gasteiger partial charge in [-0.2, -0.15) is 0 Å². The number of benzene rings is 1. The SMILES string of the molecule is CCCCCC(CCN1C(=O)NC2CC(=O)CC21)OCc1ccccc1. The van der Waals surface area contributed by atoms with E-state index in [0.717, 1.165) is 19.3 Å². The molecule has 1 saturated heterocycles. The Balaban J connectivity index is 1.52. The van der Waals surface area contributed by atoms with Gasteiger partial charge < -0.3 is 15.0 Å². The topological polar surface area (TPSA) is 58.6 Å². The number of ketones is 1. The summed E-state index contributed by atoms with van der Waals surface area (Å²) in [6.07, 6.45) is 6.50. The van der Waals surface area contributed by atoms with Crippen LogP contribution in [0.2, 0.25) is 0 Å². The zero-order chi connectivity index (χ0) is 18.4. The van der Waals surface area contributed by atoms with Gasteiger partial charge in [0, 0.05) is 19.4 Å². The Hall–Kier alpha value is -1.88. The predicted octanol–water partition coefficient (Wildman–Crippen LogP) is 3.67. The van der Waals surface area contributed by atoms with E-state index >= 15 is 0 Å². The third-order valence-corrected chi connectivity index (χ3v) is 5.47. The highest BCUT2D eigenvalue weighted by Crippen LogP contribution is 2.27.